The summed E-state index contributed by atoms with van der Waals surface area (Å²) in [6.45, 7) is 3.95. The third-order valence-corrected chi connectivity index (χ3v) is 4.33. The summed E-state index contributed by atoms with van der Waals surface area (Å²) in [5, 5.41) is 8.08. The lowest BCUT2D eigenvalue weighted by molar-refractivity contribution is -0.138. The van der Waals surface area contributed by atoms with Crippen LogP contribution in [0.3, 0.4) is 0 Å². The first-order valence-corrected chi connectivity index (χ1v) is 7.66. The summed E-state index contributed by atoms with van der Waals surface area (Å²) in [6, 6.07) is 7.22. The van der Waals surface area contributed by atoms with E-state index in [-0.39, 0.29) is 30.4 Å². The van der Waals surface area contributed by atoms with Crippen molar-refractivity contribution in [3.63, 3.8) is 0 Å². The molecule has 1 aliphatic heterocycles. The summed E-state index contributed by atoms with van der Waals surface area (Å²) >= 11 is 6.31. The molecule has 0 saturated carbocycles. The van der Waals surface area contributed by atoms with Crippen LogP contribution in [0, 0.1) is 0 Å². The van der Waals surface area contributed by atoms with Crippen LogP contribution in [-0.4, -0.2) is 45.2 Å². The molecule has 6 nitrogen and oxygen atoms in total. The lowest BCUT2D eigenvalue weighted by Crippen LogP contribution is -2.50. The maximum absolute atomic E-state index is 12.9. The van der Waals surface area contributed by atoms with Crippen LogP contribution in [0.5, 0.6) is 0 Å². The van der Waals surface area contributed by atoms with Crippen LogP contribution in [0.1, 0.15) is 24.6 Å². The van der Waals surface area contributed by atoms with E-state index in [0.29, 0.717) is 18.1 Å². The Balaban J connectivity index is 0.00000192. The van der Waals surface area contributed by atoms with Crippen molar-refractivity contribution in [1.29, 1.82) is 0 Å². The Bertz CT molecular complexity index is 649. The van der Waals surface area contributed by atoms with Crippen molar-refractivity contribution >= 4 is 29.9 Å². The predicted molar refractivity (Wildman–Crippen MR) is 90.8 cm³/mol. The van der Waals surface area contributed by atoms with Gasteiger partial charge in [-0.2, -0.15) is 5.10 Å². The van der Waals surface area contributed by atoms with E-state index in [2.05, 4.69) is 15.4 Å². The molecule has 1 fully saturated rings. The number of hydrogen-bond acceptors (Lipinski definition) is 4. The zero-order valence-corrected chi connectivity index (χ0v) is 14.3. The topological polar surface area (TPSA) is 63.1 Å². The van der Waals surface area contributed by atoms with Crippen molar-refractivity contribution in [3.05, 3.63) is 47.5 Å². The fraction of sp³-hybridized carbons (Fsp3) is 0.400. The molecule has 2 aromatic rings. The second kappa shape index (κ2) is 7.77. The normalized spacial score (nSPS) is 19.0. The van der Waals surface area contributed by atoms with Gasteiger partial charge in [0.1, 0.15) is 18.7 Å². The Labute approximate surface area is 146 Å². The molecule has 0 spiro atoms. The van der Waals surface area contributed by atoms with E-state index in [0.717, 1.165) is 12.1 Å². The molecule has 8 heteroatoms. The lowest BCUT2D eigenvalue weighted by atomic mass is 10.0. The second-order valence-electron chi connectivity index (χ2n) is 5.32. The van der Waals surface area contributed by atoms with Crippen LogP contribution < -0.4 is 5.32 Å². The van der Waals surface area contributed by atoms with Gasteiger partial charge in [-0.1, -0.05) is 29.8 Å². The van der Waals surface area contributed by atoms with Crippen molar-refractivity contribution in [2.24, 2.45) is 0 Å². The van der Waals surface area contributed by atoms with Crippen molar-refractivity contribution in [1.82, 2.24) is 25.0 Å². The van der Waals surface area contributed by atoms with Crippen LogP contribution in [0.4, 0.5) is 0 Å². The number of nitrogens with one attached hydrogen (secondary N) is 1. The Morgan fingerprint density at radius 2 is 2.22 bits per heavy atom. The Kier molecular flexibility index (Phi) is 5.98. The average Bonchev–Trinajstić information content (AvgIpc) is 3.08. The molecule has 0 aliphatic carbocycles. The zero-order valence-electron chi connectivity index (χ0n) is 12.7. The van der Waals surface area contributed by atoms with E-state index in [4.69, 9.17) is 11.6 Å². The quantitative estimate of drug-likeness (QED) is 0.915. The zero-order chi connectivity index (χ0) is 15.5. The molecule has 3 rings (SSSR count). The minimum Gasteiger partial charge on any atom is -0.331 e. The molecular formula is C15H19Cl2N5O. The number of amides is 1. The summed E-state index contributed by atoms with van der Waals surface area (Å²) < 4.78 is 1.58. The van der Waals surface area contributed by atoms with Gasteiger partial charge in [0.15, 0.2) is 0 Å². The Hall–Kier alpha value is -1.63. The molecule has 0 radical (unpaired) electrons. The van der Waals surface area contributed by atoms with Crippen LogP contribution in [-0.2, 0) is 4.79 Å². The van der Waals surface area contributed by atoms with Crippen molar-refractivity contribution in [3.8, 4) is 0 Å². The molecule has 124 valence electrons. The van der Waals surface area contributed by atoms with Gasteiger partial charge in [-0.3, -0.25) is 4.79 Å². The van der Waals surface area contributed by atoms with Crippen LogP contribution in [0.15, 0.2) is 36.9 Å². The van der Waals surface area contributed by atoms with Crippen LogP contribution in [0.25, 0.3) is 0 Å². The van der Waals surface area contributed by atoms with E-state index in [1.54, 1.807) is 11.0 Å². The molecule has 0 bridgehead atoms. The Morgan fingerprint density at radius 3 is 2.91 bits per heavy atom. The van der Waals surface area contributed by atoms with Gasteiger partial charge in [-0.25, -0.2) is 9.67 Å². The summed E-state index contributed by atoms with van der Waals surface area (Å²) in [4.78, 5) is 18.6. The summed E-state index contributed by atoms with van der Waals surface area (Å²) in [7, 11) is 0. The third kappa shape index (κ3) is 3.65. The summed E-state index contributed by atoms with van der Waals surface area (Å²) in [5.41, 5.74) is 0.968. The standard InChI is InChI=1S/C15H18ClN5O.ClH/c1-11(21-10-18-9-19-21)15(22)20-7-6-17-8-14(20)12-4-2-3-5-13(12)16;/h2-5,9-11,14,17H,6-8H2,1H3;1H. The lowest BCUT2D eigenvalue weighted by Gasteiger charge is -2.38. The predicted octanol–water partition coefficient (Wildman–Crippen LogP) is 2.09. The highest BCUT2D eigenvalue weighted by Gasteiger charge is 2.32. The fourth-order valence-corrected chi connectivity index (χ4v) is 3.02. The van der Waals surface area contributed by atoms with Gasteiger partial charge < -0.3 is 10.2 Å². The first-order valence-electron chi connectivity index (χ1n) is 7.28. The van der Waals surface area contributed by atoms with Gasteiger partial charge in [-0.15, -0.1) is 12.4 Å². The maximum atomic E-state index is 12.9. The molecule has 1 N–H and O–H groups in total. The number of hydrogen-bond donors (Lipinski definition) is 1. The summed E-state index contributed by atoms with van der Waals surface area (Å²) in [5.74, 6) is 0.0249. The molecule has 2 unspecified atom stereocenters. The van der Waals surface area contributed by atoms with Gasteiger partial charge in [0, 0.05) is 24.7 Å². The number of piperazine rings is 1. The summed E-state index contributed by atoms with van der Waals surface area (Å²) in [6.07, 6.45) is 3.00. The molecular weight excluding hydrogens is 337 g/mol. The number of carbonyl (C=O) groups is 1. The van der Waals surface area contributed by atoms with Crippen molar-refractivity contribution < 1.29 is 4.79 Å². The van der Waals surface area contributed by atoms with Crippen molar-refractivity contribution in [2.75, 3.05) is 19.6 Å². The van der Waals surface area contributed by atoms with Crippen molar-refractivity contribution in [2.45, 2.75) is 19.0 Å². The number of aromatic nitrogens is 3. The van der Waals surface area contributed by atoms with E-state index < -0.39 is 0 Å². The monoisotopic (exact) mass is 355 g/mol. The third-order valence-electron chi connectivity index (χ3n) is 3.98. The van der Waals surface area contributed by atoms with E-state index in [1.165, 1.54) is 6.33 Å². The first kappa shape index (κ1) is 17.7. The van der Waals surface area contributed by atoms with Gasteiger partial charge in [0.25, 0.3) is 0 Å². The SMILES string of the molecule is CC(C(=O)N1CCNCC1c1ccccc1Cl)n1cncn1.Cl. The maximum Gasteiger partial charge on any atom is 0.247 e. The molecule has 2 atom stereocenters. The molecule has 23 heavy (non-hydrogen) atoms. The van der Waals surface area contributed by atoms with Gasteiger partial charge in [0.2, 0.25) is 5.91 Å². The van der Waals surface area contributed by atoms with Crippen LogP contribution in [0.2, 0.25) is 5.02 Å². The van der Waals surface area contributed by atoms with E-state index in [9.17, 15) is 4.79 Å². The largest absolute Gasteiger partial charge is 0.331 e. The first-order chi connectivity index (χ1) is 10.7. The van der Waals surface area contributed by atoms with Gasteiger partial charge >= 0.3 is 0 Å². The molecule has 1 aliphatic rings. The fourth-order valence-electron chi connectivity index (χ4n) is 2.76. The minimum absolute atomic E-state index is 0. The number of carbonyl (C=O) groups excluding carboxylic acids is 1. The van der Waals surface area contributed by atoms with Gasteiger partial charge in [-0.05, 0) is 18.6 Å². The smallest absolute Gasteiger partial charge is 0.247 e. The minimum atomic E-state index is -0.384. The average molecular weight is 356 g/mol. The number of rotatable bonds is 3. The molecule has 1 amide bonds. The van der Waals surface area contributed by atoms with E-state index >= 15 is 0 Å². The number of benzene rings is 1. The Morgan fingerprint density at radius 1 is 1.43 bits per heavy atom. The molecule has 1 aromatic heterocycles. The molecule has 1 aromatic carbocycles. The molecule has 1 saturated heterocycles. The highest BCUT2D eigenvalue weighted by Crippen LogP contribution is 2.29. The van der Waals surface area contributed by atoms with Gasteiger partial charge in [0.05, 0.1) is 6.04 Å². The van der Waals surface area contributed by atoms with Crippen LogP contribution >= 0.6 is 24.0 Å². The molecule has 2 heterocycles. The number of halogens is 2. The highest BCUT2D eigenvalue weighted by atomic mass is 35.5. The van der Waals surface area contributed by atoms with E-state index in [1.807, 2.05) is 36.1 Å². The number of nitrogens with zero attached hydrogens (tertiary/aromatic N) is 4. The highest BCUT2D eigenvalue weighted by molar-refractivity contribution is 6.31. The second-order valence-corrected chi connectivity index (χ2v) is 5.73.